The van der Waals surface area contributed by atoms with Crippen LogP contribution in [0, 0.1) is 0 Å². The summed E-state index contributed by atoms with van der Waals surface area (Å²) >= 11 is 1.32. The van der Waals surface area contributed by atoms with Gasteiger partial charge >= 0.3 is 0 Å². The number of hydrogen-bond acceptors (Lipinski definition) is 7. The largest absolute Gasteiger partial charge is 0.494 e. The van der Waals surface area contributed by atoms with Crippen LogP contribution in [0.1, 0.15) is 18.3 Å². The number of thioether (sulfide) groups is 1. The van der Waals surface area contributed by atoms with Crippen LogP contribution in [0.4, 0.5) is 5.69 Å². The number of para-hydroxylation sites is 2. The van der Waals surface area contributed by atoms with E-state index in [2.05, 4.69) is 21.6 Å². The monoisotopic (exact) mass is 543 g/mol. The van der Waals surface area contributed by atoms with Gasteiger partial charge in [0.15, 0.2) is 17.6 Å². The molecule has 1 aliphatic heterocycles. The van der Waals surface area contributed by atoms with Crippen molar-refractivity contribution in [1.82, 2.24) is 20.1 Å². The lowest BCUT2D eigenvalue weighted by Crippen LogP contribution is -2.30. The quantitative estimate of drug-likeness (QED) is 0.285. The second kappa shape index (κ2) is 12.5. The van der Waals surface area contributed by atoms with Gasteiger partial charge in [-0.25, -0.2) is 0 Å². The molecule has 0 unspecified atom stereocenters. The van der Waals surface area contributed by atoms with Crippen LogP contribution in [-0.4, -0.2) is 52.1 Å². The highest BCUT2D eigenvalue weighted by molar-refractivity contribution is 7.99. The van der Waals surface area contributed by atoms with Gasteiger partial charge in [0.1, 0.15) is 11.5 Å². The standard InChI is InChI=1S/C29H29N5O4S/c1-2-37-24-14-12-22(13-15-24)34-26(18-30-27(35)19-38-23-9-4-3-5-10-23)31-32-29(34)39-20-28(36)33-17-16-21-8-6-7-11-25(21)33/h3-15H,2,16-20H2,1H3,(H,30,35). The number of nitrogens with one attached hydrogen (secondary N) is 1. The van der Waals surface area contributed by atoms with Gasteiger partial charge in [-0.1, -0.05) is 48.2 Å². The molecule has 2 amide bonds. The van der Waals surface area contributed by atoms with Crippen molar-refractivity contribution in [2.75, 3.05) is 30.4 Å². The number of anilines is 1. The Bertz CT molecular complexity index is 1430. The van der Waals surface area contributed by atoms with Gasteiger partial charge in [-0.15, -0.1) is 10.2 Å². The van der Waals surface area contributed by atoms with Crippen LogP contribution in [0.3, 0.4) is 0 Å². The topological polar surface area (TPSA) is 98.6 Å². The van der Waals surface area contributed by atoms with Crippen LogP contribution in [0.25, 0.3) is 5.69 Å². The molecular weight excluding hydrogens is 514 g/mol. The minimum atomic E-state index is -0.280. The van der Waals surface area contributed by atoms with Crippen molar-refractivity contribution < 1.29 is 19.1 Å². The lowest BCUT2D eigenvalue weighted by atomic mass is 10.2. The highest BCUT2D eigenvalue weighted by atomic mass is 32.2. The zero-order valence-electron chi connectivity index (χ0n) is 21.6. The van der Waals surface area contributed by atoms with Crippen molar-refractivity contribution in [3.05, 3.63) is 90.3 Å². The minimum absolute atomic E-state index is 0.0131. The number of aromatic nitrogens is 3. The average molecular weight is 544 g/mol. The number of nitrogens with zero attached hydrogens (tertiary/aromatic N) is 4. The molecule has 200 valence electrons. The molecule has 0 aliphatic carbocycles. The molecule has 0 saturated carbocycles. The summed E-state index contributed by atoms with van der Waals surface area (Å²) in [6, 6.07) is 24.7. The normalized spacial score (nSPS) is 12.2. The molecule has 0 radical (unpaired) electrons. The summed E-state index contributed by atoms with van der Waals surface area (Å²) in [5.74, 6) is 1.85. The van der Waals surface area contributed by atoms with Gasteiger partial charge in [0.2, 0.25) is 5.91 Å². The minimum Gasteiger partial charge on any atom is -0.494 e. The first-order valence-corrected chi connectivity index (χ1v) is 13.7. The molecule has 1 aliphatic rings. The van der Waals surface area contributed by atoms with E-state index in [9.17, 15) is 9.59 Å². The lowest BCUT2D eigenvalue weighted by molar-refractivity contribution is -0.123. The first kappa shape index (κ1) is 26.3. The molecule has 3 aromatic carbocycles. The Labute approximate surface area is 231 Å². The van der Waals surface area contributed by atoms with Crippen LogP contribution in [-0.2, 0) is 22.6 Å². The highest BCUT2D eigenvalue weighted by Gasteiger charge is 2.25. The number of ether oxygens (including phenoxy) is 2. The van der Waals surface area contributed by atoms with Gasteiger partial charge in [-0.2, -0.15) is 0 Å². The van der Waals surface area contributed by atoms with E-state index in [0.29, 0.717) is 29.9 Å². The maximum absolute atomic E-state index is 13.1. The fourth-order valence-corrected chi connectivity index (χ4v) is 5.17. The molecule has 10 heteroatoms. The summed E-state index contributed by atoms with van der Waals surface area (Å²) in [6.07, 6.45) is 0.854. The average Bonchev–Trinajstić information content (AvgIpc) is 3.59. The maximum Gasteiger partial charge on any atom is 0.258 e. The Morgan fingerprint density at radius 2 is 1.67 bits per heavy atom. The Balaban J connectivity index is 1.29. The van der Waals surface area contributed by atoms with Gasteiger partial charge in [0.05, 0.1) is 18.9 Å². The van der Waals surface area contributed by atoms with Crippen LogP contribution in [0.5, 0.6) is 11.5 Å². The summed E-state index contributed by atoms with van der Waals surface area (Å²) in [4.78, 5) is 27.4. The van der Waals surface area contributed by atoms with E-state index in [1.165, 1.54) is 17.3 Å². The van der Waals surface area contributed by atoms with Gasteiger partial charge in [0.25, 0.3) is 5.91 Å². The molecule has 0 bridgehead atoms. The molecule has 0 fully saturated rings. The SMILES string of the molecule is CCOc1ccc(-n2c(CNC(=O)COc3ccccc3)nnc2SCC(=O)N2CCc3ccccc32)cc1. The fraction of sp³-hybridized carbons (Fsp3) is 0.241. The highest BCUT2D eigenvalue weighted by Crippen LogP contribution is 2.29. The molecule has 5 rings (SSSR count). The molecule has 0 spiro atoms. The van der Waals surface area contributed by atoms with Gasteiger partial charge in [0, 0.05) is 17.9 Å². The second-order valence-electron chi connectivity index (χ2n) is 8.75. The number of rotatable bonds is 11. The van der Waals surface area contributed by atoms with E-state index in [4.69, 9.17) is 9.47 Å². The van der Waals surface area contributed by atoms with Crippen LogP contribution in [0.2, 0.25) is 0 Å². The molecular formula is C29H29N5O4S. The zero-order chi connectivity index (χ0) is 27.0. The first-order valence-electron chi connectivity index (χ1n) is 12.8. The number of benzene rings is 3. The van der Waals surface area contributed by atoms with E-state index >= 15 is 0 Å². The Morgan fingerprint density at radius 3 is 2.46 bits per heavy atom. The summed E-state index contributed by atoms with van der Waals surface area (Å²) in [5.41, 5.74) is 2.95. The van der Waals surface area contributed by atoms with Gasteiger partial charge in [-0.3, -0.25) is 14.2 Å². The van der Waals surface area contributed by atoms with Crippen molar-refractivity contribution in [2.24, 2.45) is 0 Å². The van der Waals surface area contributed by atoms with Crippen molar-refractivity contribution in [3.63, 3.8) is 0 Å². The fourth-order valence-electron chi connectivity index (χ4n) is 4.32. The zero-order valence-corrected chi connectivity index (χ0v) is 22.4. The smallest absolute Gasteiger partial charge is 0.258 e. The Kier molecular flexibility index (Phi) is 8.42. The molecule has 0 saturated heterocycles. The Hall–Kier alpha value is -4.31. The molecule has 2 heterocycles. The Morgan fingerprint density at radius 1 is 0.923 bits per heavy atom. The summed E-state index contributed by atoms with van der Waals surface area (Å²) in [7, 11) is 0. The molecule has 0 atom stereocenters. The van der Waals surface area contributed by atoms with Crippen molar-refractivity contribution in [1.29, 1.82) is 0 Å². The predicted molar refractivity (Wildman–Crippen MR) is 150 cm³/mol. The third kappa shape index (κ3) is 6.40. The third-order valence-electron chi connectivity index (χ3n) is 6.18. The van der Waals surface area contributed by atoms with E-state index in [1.807, 2.05) is 77.1 Å². The molecule has 39 heavy (non-hydrogen) atoms. The predicted octanol–water partition coefficient (Wildman–Crippen LogP) is 4.04. The van der Waals surface area contributed by atoms with Crippen molar-refractivity contribution in [3.8, 4) is 17.2 Å². The number of carbonyl (C=O) groups is 2. The lowest BCUT2D eigenvalue weighted by Gasteiger charge is -2.17. The van der Waals surface area contributed by atoms with Gasteiger partial charge < -0.3 is 19.7 Å². The molecule has 1 N–H and O–H groups in total. The third-order valence-corrected chi connectivity index (χ3v) is 7.09. The van der Waals surface area contributed by atoms with E-state index < -0.39 is 0 Å². The van der Waals surface area contributed by atoms with E-state index in [1.54, 1.807) is 12.1 Å². The van der Waals surface area contributed by atoms with Crippen molar-refractivity contribution in [2.45, 2.75) is 25.0 Å². The first-order chi connectivity index (χ1) is 19.1. The number of hydrogen-bond donors (Lipinski definition) is 1. The summed E-state index contributed by atoms with van der Waals surface area (Å²) < 4.78 is 13.0. The number of amides is 2. The maximum atomic E-state index is 13.1. The number of carbonyl (C=O) groups excluding carboxylic acids is 2. The second-order valence-corrected chi connectivity index (χ2v) is 9.69. The van der Waals surface area contributed by atoms with Crippen LogP contribution >= 0.6 is 11.8 Å². The summed E-state index contributed by atoms with van der Waals surface area (Å²) in [5, 5.41) is 12.1. The molecule has 1 aromatic heterocycles. The van der Waals surface area contributed by atoms with E-state index in [-0.39, 0.29) is 30.7 Å². The molecule has 4 aromatic rings. The number of fused-ring (bicyclic) bond motifs is 1. The van der Waals surface area contributed by atoms with Crippen LogP contribution in [0.15, 0.2) is 84.0 Å². The van der Waals surface area contributed by atoms with Crippen LogP contribution < -0.4 is 19.7 Å². The van der Waals surface area contributed by atoms with E-state index in [0.717, 1.165) is 23.5 Å². The van der Waals surface area contributed by atoms with Crippen molar-refractivity contribution >= 4 is 29.3 Å². The van der Waals surface area contributed by atoms with Gasteiger partial charge in [-0.05, 0) is 61.4 Å². The molecule has 9 nitrogen and oxygen atoms in total. The summed E-state index contributed by atoms with van der Waals surface area (Å²) in [6.45, 7) is 3.20.